The van der Waals surface area contributed by atoms with E-state index in [9.17, 15) is 8.42 Å². The van der Waals surface area contributed by atoms with Crippen molar-refractivity contribution in [2.75, 3.05) is 11.0 Å². The molecule has 1 rings (SSSR count). The lowest BCUT2D eigenvalue weighted by Crippen LogP contribution is -2.10. The van der Waals surface area contributed by atoms with E-state index in [0.29, 0.717) is 11.4 Å². The highest BCUT2D eigenvalue weighted by Crippen LogP contribution is 2.10. The van der Waals surface area contributed by atoms with E-state index in [1.54, 1.807) is 13.0 Å². The summed E-state index contributed by atoms with van der Waals surface area (Å²) in [5, 5.41) is 0. The maximum atomic E-state index is 10.8. The molecule has 0 amide bonds. The molecule has 0 unspecified atom stereocenters. The van der Waals surface area contributed by atoms with Crippen molar-refractivity contribution in [2.24, 2.45) is 0 Å². The molecule has 4 nitrogen and oxygen atoms in total. The lowest BCUT2D eigenvalue weighted by Gasteiger charge is -2.04. The van der Waals surface area contributed by atoms with E-state index in [1.165, 1.54) is 6.20 Å². The normalized spacial score (nSPS) is 11.2. The second-order valence-corrected chi connectivity index (χ2v) is 4.19. The molecule has 0 aromatic carbocycles. The van der Waals surface area contributed by atoms with Gasteiger partial charge in [-0.15, -0.1) is 0 Å². The van der Waals surface area contributed by atoms with Gasteiger partial charge in [-0.1, -0.05) is 0 Å². The Labute approximate surface area is 71.7 Å². The summed E-state index contributed by atoms with van der Waals surface area (Å²) in [6.07, 6.45) is 2.59. The second kappa shape index (κ2) is 3.10. The van der Waals surface area contributed by atoms with Gasteiger partial charge in [0.1, 0.15) is 0 Å². The van der Waals surface area contributed by atoms with Crippen LogP contribution in [0.1, 0.15) is 5.69 Å². The summed E-state index contributed by atoms with van der Waals surface area (Å²) in [7, 11) is -3.21. The fraction of sp³-hybridized carbons (Fsp3) is 0.286. The first kappa shape index (κ1) is 8.99. The van der Waals surface area contributed by atoms with Gasteiger partial charge in [0.2, 0.25) is 10.0 Å². The van der Waals surface area contributed by atoms with E-state index in [2.05, 4.69) is 15.8 Å². The largest absolute Gasteiger partial charge is 0.282 e. The van der Waals surface area contributed by atoms with Crippen molar-refractivity contribution >= 4 is 15.7 Å². The molecular weight excluding hydrogens is 176 g/mol. The maximum absolute atomic E-state index is 10.8. The van der Waals surface area contributed by atoms with Gasteiger partial charge in [-0.25, -0.2) is 8.42 Å². The van der Waals surface area contributed by atoms with Crippen LogP contribution < -0.4 is 4.72 Å². The lowest BCUT2D eigenvalue weighted by atomic mass is 10.3. The van der Waals surface area contributed by atoms with Crippen molar-refractivity contribution in [2.45, 2.75) is 6.92 Å². The number of aromatic nitrogens is 1. The van der Waals surface area contributed by atoms with Gasteiger partial charge in [0, 0.05) is 12.3 Å². The quantitative estimate of drug-likeness (QED) is 0.732. The topological polar surface area (TPSA) is 59.1 Å². The number of sulfonamides is 1. The smallest absolute Gasteiger partial charge is 0.229 e. The second-order valence-electron chi connectivity index (χ2n) is 2.44. The summed E-state index contributed by atoms with van der Waals surface area (Å²) >= 11 is 0. The summed E-state index contributed by atoms with van der Waals surface area (Å²) < 4.78 is 23.9. The van der Waals surface area contributed by atoms with E-state index in [-0.39, 0.29) is 0 Å². The average Bonchev–Trinajstić information content (AvgIpc) is 1.91. The summed E-state index contributed by atoms with van der Waals surface area (Å²) in [5.74, 6) is 0. The summed E-state index contributed by atoms with van der Waals surface area (Å²) in [6.45, 7) is 1.72. The first-order valence-electron chi connectivity index (χ1n) is 3.29. The molecule has 65 valence electrons. The van der Waals surface area contributed by atoms with E-state index < -0.39 is 10.0 Å². The van der Waals surface area contributed by atoms with Crippen LogP contribution in [-0.4, -0.2) is 19.7 Å². The van der Waals surface area contributed by atoms with Crippen LogP contribution in [0.25, 0.3) is 0 Å². The van der Waals surface area contributed by atoms with E-state index in [0.717, 1.165) is 6.26 Å². The summed E-state index contributed by atoms with van der Waals surface area (Å²) in [4.78, 5) is 3.88. The zero-order chi connectivity index (χ0) is 9.19. The van der Waals surface area contributed by atoms with Gasteiger partial charge in [-0.2, -0.15) is 0 Å². The standard InChI is InChI=1S/C7H9N2O2S/c1-6-7(4-3-5-8-6)9-12(2,10)11/h4-5,9H,1-2H3. The molecule has 0 fully saturated rings. The Kier molecular flexibility index (Phi) is 2.32. The van der Waals surface area contributed by atoms with Gasteiger partial charge in [-0.05, 0) is 13.0 Å². The number of nitrogens with zero attached hydrogens (tertiary/aromatic N) is 1. The molecule has 1 N–H and O–H groups in total. The zero-order valence-corrected chi connectivity index (χ0v) is 7.64. The highest BCUT2D eigenvalue weighted by molar-refractivity contribution is 7.92. The molecule has 1 radical (unpaired) electrons. The molecule has 0 saturated heterocycles. The minimum atomic E-state index is -3.21. The Hall–Kier alpha value is -1.10. The molecule has 0 aliphatic heterocycles. The minimum Gasteiger partial charge on any atom is -0.282 e. The molecule has 0 aliphatic rings. The number of rotatable bonds is 2. The van der Waals surface area contributed by atoms with Crippen LogP contribution in [0.15, 0.2) is 12.3 Å². The van der Waals surface area contributed by atoms with Gasteiger partial charge >= 0.3 is 0 Å². The van der Waals surface area contributed by atoms with Gasteiger partial charge in [0.25, 0.3) is 0 Å². The third-order valence-electron chi connectivity index (χ3n) is 1.25. The van der Waals surface area contributed by atoms with Crippen LogP contribution in [0.5, 0.6) is 0 Å². The summed E-state index contributed by atoms with van der Waals surface area (Å²) in [6, 6.07) is 4.23. The highest BCUT2D eigenvalue weighted by Gasteiger charge is 2.03. The van der Waals surface area contributed by atoms with Crippen molar-refractivity contribution in [3.05, 3.63) is 24.0 Å². The molecule has 0 saturated carbocycles. The molecule has 0 bridgehead atoms. The minimum absolute atomic E-state index is 0.472. The van der Waals surface area contributed by atoms with E-state index in [1.807, 2.05) is 0 Å². The van der Waals surface area contributed by atoms with Gasteiger partial charge in [0.15, 0.2) is 0 Å². The van der Waals surface area contributed by atoms with Gasteiger partial charge in [0.05, 0.1) is 17.6 Å². The molecule has 1 aromatic rings. The SMILES string of the molecule is Cc1nc[c]cc1NS(C)(=O)=O. The third kappa shape index (κ3) is 2.50. The van der Waals surface area contributed by atoms with E-state index >= 15 is 0 Å². The number of hydrogen-bond donors (Lipinski definition) is 1. The molecule has 0 spiro atoms. The van der Waals surface area contributed by atoms with Crippen molar-refractivity contribution in [3.63, 3.8) is 0 Å². The van der Waals surface area contributed by atoms with Crippen molar-refractivity contribution in [1.29, 1.82) is 0 Å². The van der Waals surface area contributed by atoms with Crippen molar-refractivity contribution in [3.8, 4) is 0 Å². The molecule has 0 atom stereocenters. The Morgan fingerprint density at radius 2 is 2.25 bits per heavy atom. The fourth-order valence-corrected chi connectivity index (χ4v) is 1.34. The number of nitrogens with one attached hydrogen (secondary N) is 1. The molecule has 5 heteroatoms. The average molecular weight is 185 g/mol. The van der Waals surface area contributed by atoms with Crippen molar-refractivity contribution < 1.29 is 8.42 Å². The number of hydrogen-bond acceptors (Lipinski definition) is 3. The Bertz CT molecular complexity index is 373. The Morgan fingerprint density at radius 3 is 2.75 bits per heavy atom. The number of aryl methyl sites for hydroxylation is 1. The molecule has 0 aliphatic carbocycles. The highest BCUT2D eigenvalue weighted by atomic mass is 32.2. The third-order valence-corrected chi connectivity index (χ3v) is 1.84. The molecule has 12 heavy (non-hydrogen) atoms. The van der Waals surface area contributed by atoms with Crippen molar-refractivity contribution in [1.82, 2.24) is 4.98 Å². The molecule has 1 aromatic heterocycles. The fourth-order valence-electron chi connectivity index (χ4n) is 0.732. The van der Waals surface area contributed by atoms with Crippen LogP contribution in [-0.2, 0) is 10.0 Å². The molecule has 1 heterocycles. The van der Waals surface area contributed by atoms with E-state index in [4.69, 9.17) is 0 Å². The first-order chi connectivity index (χ1) is 5.49. The predicted octanol–water partition coefficient (Wildman–Crippen LogP) is 0.562. The number of anilines is 1. The van der Waals surface area contributed by atoms with Crippen LogP contribution in [0.2, 0.25) is 0 Å². The molecular formula is C7H9N2O2S. The van der Waals surface area contributed by atoms with Gasteiger partial charge < -0.3 is 0 Å². The van der Waals surface area contributed by atoms with Crippen LogP contribution >= 0.6 is 0 Å². The maximum Gasteiger partial charge on any atom is 0.229 e. The number of pyridine rings is 1. The summed E-state index contributed by atoms with van der Waals surface area (Å²) in [5.41, 5.74) is 1.11. The monoisotopic (exact) mass is 185 g/mol. The Morgan fingerprint density at radius 1 is 1.58 bits per heavy atom. The van der Waals surface area contributed by atoms with Crippen LogP contribution in [0.3, 0.4) is 0 Å². The lowest BCUT2D eigenvalue weighted by molar-refractivity contribution is 0.606. The zero-order valence-electron chi connectivity index (χ0n) is 6.83. The Balaban J connectivity index is 2.98. The van der Waals surface area contributed by atoms with Crippen LogP contribution in [0.4, 0.5) is 5.69 Å². The van der Waals surface area contributed by atoms with Crippen LogP contribution in [0, 0.1) is 13.0 Å². The first-order valence-corrected chi connectivity index (χ1v) is 5.18. The van der Waals surface area contributed by atoms with Gasteiger partial charge in [-0.3, -0.25) is 9.71 Å². The predicted molar refractivity (Wildman–Crippen MR) is 46.3 cm³/mol.